The van der Waals surface area contributed by atoms with Crippen LogP contribution in [0.25, 0.3) is 0 Å². The molecule has 4 aromatic rings. The number of carbonyl (C=O) groups is 1. The quantitative estimate of drug-likeness (QED) is 0.218. The summed E-state index contributed by atoms with van der Waals surface area (Å²) in [6.07, 6.45) is 4.74. The van der Waals surface area contributed by atoms with Crippen LogP contribution in [0, 0.1) is 11.3 Å². The number of fused-ring (bicyclic) bond motifs is 1. The Bertz CT molecular complexity index is 1500. The van der Waals surface area contributed by atoms with Crippen LogP contribution in [0.15, 0.2) is 77.8 Å². The van der Waals surface area contributed by atoms with Crippen LogP contribution in [0.3, 0.4) is 0 Å². The molecule has 0 bridgehead atoms. The number of hydrogen-bond acceptors (Lipinski definition) is 4. The summed E-state index contributed by atoms with van der Waals surface area (Å²) in [6.45, 7) is 7.36. The summed E-state index contributed by atoms with van der Waals surface area (Å²) in [5.41, 5.74) is 4.73. The lowest BCUT2D eigenvalue weighted by molar-refractivity contribution is 0.102. The van der Waals surface area contributed by atoms with Crippen molar-refractivity contribution in [3.05, 3.63) is 110 Å². The molecule has 0 saturated heterocycles. The lowest BCUT2D eigenvalue weighted by Gasteiger charge is -2.33. The van der Waals surface area contributed by atoms with Gasteiger partial charge >= 0.3 is 0 Å². The minimum atomic E-state index is -0.132. The Morgan fingerprint density at radius 3 is 2.30 bits per heavy atom. The van der Waals surface area contributed by atoms with E-state index in [2.05, 4.69) is 26.1 Å². The molecule has 0 unspecified atom stereocenters. The third-order valence-corrected chi connectivity index (χ3v) is 9.00. The highest BCUT2D eigenvalue weighted by molar-refractivity contribution is 7.16. The second-order valence-electron chi connectivity index (χ2n) is 11.2. The molecule has 1 atom stereocenters. The first-order valence-electron chi connectivity index (χ1n) is 13.4. The molecule has 5 rings (SSSR count). The van der Waals surface area contributed by atoms with Crippen molar-refractivity contribution in [1.82, 2.24) is 0 Å². The molecule has 4 nitrogen and oxygen atoms in total. The van der Waals surface area contributed by atoms with Crippen molar-refractivity contribution < 1.29 is 9.53 Å². The summed E-state index contributed by atoms with van der Waals surface area (Å²) >= 11 is 13.6. The summed E-state index contributed by atoms with van der Waals surface area (Å²) in [5.74, 6) is 1.21. The summed E-state index contributed by atoms with van der Waals surface area (Å²) in [7, 11) is 0. The number of halogens is 2. The first kappa shape index (κ1) is 28.4. The summed E-state index contributed by atoms with van der Waals surface area (Å²) in [4.78, 5) is 19.7. The predicted molar refractivity (Wildman–Crippen MR) is 168 cm³/mol. The highest BCUT2D eigenvalue weighted by Gasteiger charge is 2.33. The van der Waals surface area contributed by atoms with E-state index in [0.29, 0.717) is 33.8 Å². The first-order valence-corrected chi connectivity index (χ1v) is 15.0. The molecule has 1 heterocycles. The molecule has 0 fully saturated rings. The third-order valence-electron chi connectivity index (χ3n) is 7.33. The molecule has 206 valence electrons. The molecule has 1 aromatic heterocycles. The maximum atomic E-state index is 13.6. The van der Waals surface area contributed by atoms with E-state index in [1.165, 1.54) is 4.88 Å². The fourth-order valence-corrected chi connectivity index (χ4v) is 6.41. The van der Waals surface area contributed by atoms with Crippen molar-refractivity contribution >= 4 is 57.3 Å². The summed E-state index contributed by atoms with van der Waals surface area (Å²) < 4.78 is 5.91. The fourth-order valence-electron chi connectivity index (χ4n) is 4.89. The van der Waals surface area contributed by atoms with Gasteiger partial charge in [0, 0.05) is 26.8 Å². The minimum Gasteiger partial charge on any atom is -0.489 e. The molecule has 40 heavy (non-hydrogen) atoms. The van der Waals surface area contributed by atoms with Crippen LogP contribution in [-0.4, -0.2) is 12.1 Å². The average Bonchev–Trinajstić information content (AvgIpc) is 3.31. The maximum Gasteiger partial charge on any atom is 0.259 e. The molecule has 1 amide bonds. The van der Waals surface area contributed by atoms with Crippen LogP contribution in [0.2, 0.25) is 10.0 Å². The number of carbonyl (C=O) groups excluding carboxylic acids is 1. The topological polar surface area (TPSA) is 50.7 Å². The van der Waals surface area contributed by atoms with Gasteiger partial charge < -0.3 is 10.1 Å². The van der Waals surface area contributed by atoms with E-state index in [0.717, 1.165) is 46.7 Å². The van der Waals surface area contributed by atoms with Crippen molar-refractivity contribution in [2.24, 2.45) is 16.3 Å². The highest BCUT2D eigenvalue weighted by atomic mass is 35.5. The number of thiophene rings is 1. The molecule has 3 aromatic carbocycles. The number of amides is 1. The largest absolute Gasteiger partial charge is 0.489 e. The van der Waals surface area contributed by atoms with Crippen molar-refractivity contribution in [3.63, 3.8) is 0 Å². The number of rotatable bonds is 7. The number of anilines is 1. The van der Waals surface area contributed by atoms with Crippen LogP contribution in [-0.2, 0) is 19.4 Å². The van der Waals surface area contributed by atoms with Crippen LogP contribution >= 0.6 is 34.5 Å². The van der Waals surface area contributed by atoms with Gasteiger partial charge in [-0.25, -0.2) is 4.99 Å². The van der Waals surface area contributed by atoms with E-state index < -0.39 is 0 Å². The van der Waals surface area contributed by atoms with Crippen LogP contribution in [0.4, 0.5) is 10.7 Å². The second-order valence-corrected chi connectivity index (χ2v) is 13.1. The molecule has 1 aliphatic rings. The number of ether oxygens (including phenoxy) is 1. The number of benzene rings is 3. The smallest absolute Gasteiger partial charge is 0.259 e. The summed E-state index contributed by atoms with van der Waals surface area (Å²) in [5, 5.41) is 5.13. The molecular formula is C33H32Cl2N2O2S. The number of nitrogens with one attached hydrogen (secondary N) is 1. The van der Waals surface area contributed by atoms with Crippen molar-refractivity contribution in [2.75, 3.05) is 5.32 Å². The van der Waals surface area contributed by atoms with Crippen molar-refractivity contribution in [1.29, 1.82) is 0 Å². The first-order chi connectivity index (χ1) is 19.2. The Balaban J connectivity index is 1.36. The molecule has 7 heteroatoms. The maximum absolute atomic E-state index is 13.6. The minimum absolute atomic E-state index is 0.132. The second kappa shape index (κ2) is 12.2. The van der Waals surface area contributed by atoms with Gasteiger partial charge in [0.2, 0.25) is 0 Å². The Kier molecular flexibility index (Phi) is 8.65. The van der Waals surface area contributed by atoms with Gasteiger partial charge in [-0.3, -0.25) is 4.79 Å². The SMILES string of the molecule is CC(C)(C)[C@@H]1CCc2c(sc(N=Cc3ccc(OCc4ccc(Cl)cc4)cc3)c2C(=O)Nc2ccc(Cl)cc2)C1. The molecular weight excluding hydrogens is 559 g/mol. The van der Waals surface area contributed by atoms with Crippen LogP contribution in [0.5, 0.6) is 5.75 Å². The van der Waals surface area contributed by atoms with E-state index >= 15 is 0 Å². The molecule has 0 spiro atoms. The zero-order valence-corrected chi connectivity index (χ0v) is 25.2. The fraction of sp³-hybridized carbons (Fsp3) is 0.273. The van der Waals surface area contributed by atoms with Gasteiger partial charge in [0.25, 0.3) is 5.91 Å². The predicted octanol–water partition coefficient (Wildman–Crippen LogP) is 9.79. The number of aliphatic imine (C=N–C) groups is 1. The van der Waals surface area contributed by atoms with Gasteiger partial charge in [0.05, 0.1) is 5.56 Å². The van der Waals surface area contributed by atoms with Crippen molar-refractivity contribution in [3.8, 4) is 5.75 Å². The Morgan fingerprint density at radius 2 is 1.65 bits per heavy atom. The van der Waals surface area contributed by atoms with Gasteiger partial charge in [-0.2, -0.15) is 0 Å². The Hall–Kier alpha value is -3.12. The standard InChI is InChI=1S/C33H32Cl2N2O2S/c1-33(2,3)23-8-17-28-29(18-23)40-32(30(28)31(38)37-26-13-11-25(35)12-14-26)36-19-21-6-15-27(16-7-21)39-20-22-4-9-24(34)10-5-22/h4-7,9-16,19,23H,8,17-18,20H2,1-3H3,(H,37,38)/t23-/m1/s1. The molecule has 0 saturated carbocycles. The van der Waals surface area contributed by atoms with E-state index in [1.54, 1.807) is 23.5 Å². The number of nitrogens with zero attached hydrogens (tertiary/aromatic N) is 1. The van der Waals surface area contributed by atoms with Gasteiger partial charge in [-0.05, 0) is 108 Å². The van der Waals surface area contributed by atoms with Crippen LogP contribution in [0.1, 0.15) is 59.1 Å². The zero-order valence-electron chi connectivity index (χ0n) is 22.8. The Morgan fingerprint density at radius 1 is 1.00 bits per heavy atom. The lowest BCUT2D eigenvalue weighted by atomic mass is 9.72. The summed E-state index contributed by atoms with van der Waals surface area (Å²) in [6, 6.07) is 22.6. The molecule has 1 aliphatic carbocycles. The monoisotopic (exact) mass is 590 g/mol. The van der Waals surface area contributed by atoms with Crippen LogP contribution < -0.4 is 10.1 Å². The average molecular weight is 592 g/mol. The van der Waals surface area contributed by atoms with Gasteiger partial charge in [0.1, 0.15) is 17.4 Å². The normalized spacial score (nSPS) is 15.2. The van der Waals surface area contributed by atoms with Gasteiger partial charge in [-0.15, -0.1) is 11.3 Å². The van der Waals surface area contributed by atoms with Gasteiger partial charge in [0.15, 0.2) is 0 Å². The van der Waals surface area contributed by atoms with E-state index in [4.69, 9.17) is 32.9 Å². The third kappa shape index (κ3) is 6.95. The molecule has 0 radical (unpaired) electrons. The Labute approximate surface area is 250 Å². The zero-order chi connectivity index (χ0) is 28.3. The van der Waals surface area contributed by atoms with E-state index in [9.17, 15) is 4.79 Å². The van der Waals surface area contributed by atoms with E-state index in [1.807, 2.05) is 66.9 Å². The number of hydrogen-bond donors (Lipinski definition) is 1. The highest BCUT2D eigenvalue weighted by Crippen LogP contribution is 2.45. The van der Waals surface area contributed by atoms with E-state index in [-0.39, 0.29) is 11.3 Å². The van der Waals surface area contributed by atoms with Crippen molar-refractivity contribution in [2.45, 2.75) is 46.6 Å². The molecule has 0 aliphatic heterocycles. The molecule has 1 N–H and O–H groups in total. The van der Waals surface area contributed by atoms with Gasteiger partial charge in [-0.1, -0.05) is 56.1 Å². The lowest BCUT2D eigenvalue weighted by Crippen LogP contribution is -2.27.